The van der Waals surface area contributed by atoms with Crippen LogP contribution in [0.15, 0.2) is 6.07 Å². The first-order chi connectivity index (χ1) is 8.31. The van der Waals surface area contributed by atoms with Crippen LogP contribution in [-0.4, -0.2) is 18.0 Å². The van der Waals surface area contributed by atoms with Gasteiger partial charge in [-0.05, 0) is 37.5 Å². The van der Waals surface area contributed by atoms with Gasteiger partial charge < -0.3 is 9.84 Å². The summed E-state index contributed by atoms with van der Waals surface area (Å²) < 4.78 is 5.38. The minimum Gasteiger partial charge on any atom is -0.496 e. The predicted octanol–water partition coefficient (Wildman–Crippen LogP) is 2.88. The number of hydrogen-bond acceptors (Lipinski definition) is 3. The van der Waals surface area contributed by atoms with Crippen molar-refractivity contribution >= 4 is 5.78 Å². The maximum atomic E-state index is 12.0. The number of methoxy groups -OCH3 is 1. The Bertz CT molecular complexity index is 461. The molecule has 3 nitrogen and oxygen atoms in total. The molecule has 3 heteroatoms. The van der Waals surface area contributed by atoms with Crippen molar-refractivity contribution in [3.05, 3.63) is 28.3 Å². The van der Waals surface area contributed by atoms with E-state index in [9.17, 15) is 9.90 Å². The Kier molecular flexibility index (Phi) is 4.52. The molecule has 1 atom stereocenters. The Morgan fingerprint density at radius 2 is 1.78 bits per heavy atom. The summed E-state index contributed by atoms with van der Waals surface area (Å²) in [7, 11) is 1.57. The van der Waals surface area contributed by atoms with E-state index in [4.69, 9.17) is 4.74 Å². The first kappa shape index (κ1) is 14.7. The summed E-state index contributed by atoms with van der Waals surface area (Å²) in [5.41, 5.74) is 3.54. The molecule has 0 aromatic heterocycles. The molecule has 0 bridgehead atoms. The summed E-state index contributed by atoms with van der Waals surface area (Å²) in [4.78, 5) is 12.0. The molecule has 0 saturated heterocycles. The number of hydrogen-bond donors (Lipinski definition) is 1. The maximum Gasteiger partial charge on any atom is 0.168 e. The van der Waals surface area contributed by atoms with Gasteiger partial charge in [0.2, 0.25) is 0 Å². The molecular weight excluding hydrogens is 228 g/mol. The number of Topliss-reactive ketones (excluding diaryl/α,β-unsaturated/α-hetero) is 1. The highest BCUT2D eigenvalue weighted by Gasteiger charge is 2.26. The van der Waals surface area contributed by atoms with Gasteiger partial charge >= 0.3 is 0 Å². The fourth-order valence-corrected chi connectivity index (χ4v) is 2.13. The summed E-state index contributed by atoms with van der Waals surface area (Å²) in [6.07, 6.45) is -1.11. The van der Waals surface area contributed by atoms with Gasteiger partial charge in [-0.1, -0.05) is 19.9 Å². The second-order valence-electron chi connectivity index (χ2n) is 5.04. The van der Waals surface area contributed by atoms with E-state index in [0.717, 1.165) is 16.7 Å². The van der Waals surface area contributed by atoms with Crippen LogP contribution in [0.1, 0.15) is 42.2 Å². The van der Waals surface area contributed by atoms with E-state index in [1.165, 1.54) is 0 Å². The quantitative estimate of drug-likeness (QED) is 0.893. The number of aliphatic hydroxyl groups excluding tert-OH is 1. The summed E-state index contributed by atoms with van der Waals surface area (Å²) in [6, 6.07) is 1.98. The smallest absolute Gasteiger partial charge is 0.168 e. The largest absolute Gasteiger partial charge is 0.496 e. The summed E-state index contributed by atoms with van der Waals surface area (Å²) in [6.45, 7) is 9.39. The van der Waals surface area contributed by atoms with Gasteiger partial charge in [-0.2, -0.15) is 0 Å². The zero-order chi connectivity index (χ0) is 14.0. The number of carbonyl (C=O) groups excluding carboxylic acids is 1. The van der Waals surface area contributed by atoms with Crippen LogP contribution in [0.25, 0.3) is 0 Å². The van der Waals surface area contributed by atoms with E-state index in [2.05, 4.69) is 0 Å². The number of benzene rings is 1. The number of ketones is 1. The molecule has 0 fully saturated rings. The Labute approximate surface area is 109 Å². The second-order valence-corrected chi connectivity index (χ2v) is 5.04. The molecule has 0 aliphatic rings. The van der Waals surface area contributed by atoms with Crippen LogP contribution in [0.4, 0.5) is 0 Å². The van der Waals surface area contributed by atoms with Gasteiger partial charge in [0.05, 0.1) is 7.11 Å². The highest BCUT2D eigenvalue weighted by atomic mass is 16.5. The highest BCUT2D eigenvalue weighted by molar-refractivity contribution is 5.87. The third-order valence-electron chi connectivity index (χ3n) is 3.35. The minimum absolute atomic E-state index is 0.181. The highest BCUT2D eigenvalue weighted by Crippen LogP contribution is 2.35. The summed E-state index contributed by atoms with van der Waals surface area (Å²) in [5.74, 6) is 0.236. The zero-order valence-electron chi connectivity index (χ0n) is 12.0. The van der Waals surface area contributed by atoms with Crippen LogP contribution in [0.2, 0.25) is 0 Å². The predicted molar refractivity (Wildman–Crippen MR) is 72.0 cm³/mol. The molecule has 0 spiro atoms. The van der Waals surface area contributed by atoms with Crippen molar-refractivity contribution in [2.45, 2.75) is 40.7 Å². The van der Waals surface area contributed by atoms with E-state index in [-0.39, 0.29) is 11.7 Å². The second kappa shape index (κ2) is 5.53. The molecular formula is C15H22O3. The molecule has 100 valence electrons. The molecule has 1 aromatic carbocycles. The van der Waals surface area contributed by atoms with Gasteiger partial charge in [0.15, 0.2) is 5.78 Å². The first-order valence-corrected chi connectivity index (χ1v) is 6.17. The molecule has 0 amide bonds. The minimum atomic E-state index is -1.11. The van der Waals surface area contributed by atoms with Crippen LogP contribution in [0.5, 0.6) is 5.75 Å². The summed E-state index contributed by atoms with van der Waals surface area (Å²) in [5, 5.41) is 10.2. The fourth-order valence-electron chi connectivity index (χ4n) is 2.13. The Balaban J connectivity index is 3.40. The lowest BCUT2D eigenvalue weighted by Gasteiger charge is -2.21. The van der Waals surface area contributed by atoms with E-state index >= 15 is 0 Å². The zero-order valence-corrected chi connectivity index (χ0v) is 12.0. The van der Waals surface area contributed by atoms with Crippen LogP contribution >= 0.6 is 0 Å². The van der Waals surface area contributed by atoms with E-state index in [1.54, 1.807) is 21.0 Å². The third-order valence-corrected chi connectivity index (χ3v) is 3.35. The van der Waals surface area contributed by atoms with Crippen molar-refractivity contribution in [1.29, 1.82) is 0 Å². The molecule has 0 aliphatic carbocycles. The molecule has 18 heavy (non-hydrogen) atoms. The van der Waals surface area contributed by atoms with Gasteiger partial charge in [-0.3, -0.25) is 4.79 Å². The van der Waals surface area contributed by atoms with Gasteiger partial charge in [0, 0.05) is 11.5 Å². The van der Waals surface area contributed by atoms with Crippen molar-refractivity contribution in [1.82, 2.24) is 0 Å². The first-order valence-electron chi connectivity index (χ1n) is 6.17. The number of rotatable bonds is 4. The third kappa shape index (κ3) is 2.56. The number of aliphatic hydroxyl groups is 1. The van der Waals surface area contributed by atoms with Crippen molar-refractivity contribution in [2.24, 2.45) is 5.92 Å². The molecule has 0 aliphatic heterocycles. The van der Waals surface area contributed by atoms with Gasteiger partial charge in [0.25, 0.3) is 0 Å². The SMILES string of the molecule is COc1c(C)c(C)cc(C)c1C(O)C(=O)C(C)C. The van der Waals surface area contributed by atoms with Crippen LogP contribution in [0.3, 0.4) is 0 Å². The Morgan fingerprint density at radius 1 is 1.22 bits per heavy atom. The fraction of sp³-hybridized carbons (Fsp3) is 0.533. The lowest BCUT2D eigenvalue weighted by Crippen LogP contribution is -2.19. The average Bonchev–Trinajstić information content (AvgIpc) is 2.31. The van der Waals surface area contributed by atoms with E-state index in [1.807, 2.05) is 26.8 Å². The van der Waals surface area contributed by atoms with Crippen molar-refractivity contribution < 1.29 is 14.6 Å². The summed E-state index contributed by atoms with van der Waals surface area (Å²) >= 11 is 0. The van der Waals surface area contributed by atoms with Crippen molar-refractivity contribution in [3.8, 4) is 5.75 Å². The molecule has 0 radical (unpaired) electrons. The van der Waals surface area contributed by atoms with Crippen LogP contribution < -0.4 is 4.74 Å². The molecule has 1 unspecified atom stereocenters. The van der Waals surface area contributed by atoms with Crippen molar-refractivity contribution in [3.63, 3.8) is 0 Å². The molecule has 1 aromatic rings. The standard InChI is InChI=1S/C15H22O3/c1-8(2)13(16)14(17)12-10(4)7-9(3)11(5)15(12)18-6/h7-8,14,17H,1-6H3. The van der Waals surface area contributed by atoms with Crippen LogP contribution in [-0.2, 0) is 4.79 Å². The van der Waals surface area contributed by atoms with E-state index in [0.29, 0.717) is 11.3 Å². The lowest BCUT2D eigenvalue weighted by molar-refractivity contribution is -0.130. The molecule has 1 rings (SSSR count). The number of ether oxygens (including phenoxy) is 1. The average molecular weight is 250 g/mol. The topological polar surface area (TPSA) is 46.5 Å². The lowest BCUT2D eigenvalue weighted by atomic mass is 9.91. The Hall–Kier alpha value is -1.35. The number of carbonyl (C=O) groups is 1. The monoisotopic (exact) mass is 250 g/mol. The van der Waals surface area contributed by atoms with Gasteiger partial charge in [0.1, 0.15) is 11.9 Å². The molecule has 1 N–H and O–H groups in total. The molecule has 0 saturated carbocycles. The normalized spacial score (nSPS) is 12.7. The number of aryl methyl sites for hydroxylation is 2. The van der Waals surface area contributed by atoms with Crippen LogP contribution in [0, 0.1) is 26.7 Å². The van der Waals surface area contributed by atoms with Gasteiger partial charge in [-0.25, -0.2) is 0 Å². The Morgan fingerprint density at radius 3 is 2.22 bits per heavy atom. The van der Waals surface area contributed by atoms with Gasteiger partial charge in [-0.15, -0.1) is 0 Å². The van der Waals surface area contributed by atoms with E-state index < -0.39 is 6.10 Å². The van der Waals surface area contributed by atoms with Crippen molar-refractivity contribution in [2.75, 3.05) is 7.11 Å². The maximum absolute atomic E-state index is 12.0. The molecule has 0 heterocycles.